The molecule has 3 rings (SSSR count). The van der Waals surface area contributed by atoms with Gasteiger partial charge in [-0.3, -0.25) is 4.98 Å². The number of aromatic nitrogens is 1. The molecule has 0 aliphatic heterocycles. The van der Waals surface area contributed by atoms with Gasteiger partial charge in [-0.15, -0.1) is 0 Å². The van der Waals surface area contributed by atoms with E-state index in [0.29, 0.717) is 6.04 Å². The maximum atomic E-state index is 4.19. The predicted octanol–water partition coefficient (Wildman–Crippen LogP) is 4.39. The van der Waals surface area contributed by atoms with Gasteiger partial charge in [0, 0.05) is 30.4 Å². The molecule has 0 spiro atoms. The molecule has 0 bridgehead atoms. The molecule has 0 fully saturated rings. The molecule has 0 saturated carbocycles. The molecule has 0 unspecified atom stereocenters. The number of nitrogens with zero attached hydrogens (tertiary/aromatic N) is 1. The molecule has 3 aromatic rings. The van der Waals surface area contributed by atoms with Crippen LogP contribution in [0.3, 0.4) is 0 Å². The minimum Gasteiger partial charge on any atom is -0.306 e. The normalized spacial score (nSPS) is 12.5. The number of benzene rings is 2. The molecule has 0 aliphatic carbocycles. The summed E-state index contributed by atoms with van der Waals surface area (Å²) >= 11 is 0. The van der Waals surface area contributed by atoms with E-state index in [0.717, 1.165) is 6.54 Å². The van der Waals surface area contributed by atoms with Gasteiger partial charge in [-0.05, 0) is 36.4 Å². The van der Waals surface area contributed by atoms with Crippen molar-refractivity contribution in [1.82, 2.24) is 10.3 Å². The van der Waals surface area contributed by atoms with E-state index >= 15 is 0 Å². The molecule has 21 heavy (non-hydrogen) atoms. The molecule has 1 aromatic heterocycles. The first kappa shape index (κ1) is 13.8. The number of nitrogens with one attached hydrogen (secondary N) is 1. The fraction of sp³-hybridized carbons (Fsp3) is 0.211. The molecular formula is C19H20N2. The van der Waals surface area contributed by atoms with Crippen LogP contribution >= 0.6 is 0 Å². The smallest absolute Gasteiger partial charge is 0.0346 e. The lowest BCUT2D eigenvalue weighted by atomic mass is 10.0. The largest absolute Gasteiger partial charge is 0.306 e. The molecule has 2 aromatic carbocycles. The molecule has 1 atom stereocenters. The van der Waals surface area contributed by atoms with Gasteiger partial charge in [0.25, 0.3) is 0 Å². The molecule has 0 saturated heterocycles. The van der Waals surface area contributed by atoms with Crippen LogP contribution in [0.2, 0.25) is 0 Å². The molecule has 106 valence electrons. The number of aryl methyl sites for hydroxylation is 1. The van der Waals surface area contributed by atoms with Crippen molar-refractivity contribution < 1.29 is 0 Å². The lowest BCUT2D eigenvalue weighted by Gasteiger charge is -2.16. The van der Waals surface area contributed by atoms with Crippen LogP contribution in [0.5, 0.6) is 0 Å². The van der Waals surface area contributed by atoms with E-state index in [1.807, 2.05) is 12.4 Å². The monoisotopic (exact) mass is 276 g/mol. The second-order valence-corrected chi connectivity index (χ2v) is 5.53. The molecule has 2 heteroatoms. The predicted molar refractivity (Wildman–Crippen MR) is 88.2 cm³/mol. The van der Waals surface area contributed by atoms with E-state index in [2.05, 4.69) is 72.7 Å². The third-order valence-corrected chi connectivity index (χ3v) is 3.91. The third-order valence-electron chi connectivity index (χ3n) is 3.91. The van der Waals surface area contributed by atoms with E-state index in [1.54, 1.807) is 0 Å². The fourth-order valence-corrected chi connectivity index (χ4v) is 2.66. The van der Waals surface area contributed by atoms with Crippen LogP contribution in [-0.2, 0) is 6.54 Å². The maximum Gasteiger partial charge on any atom is 0.0346 e. The van der Waals surface area contributed by atoms with Crippen molar-refractivity contribution in [1.29, 1.82) is 0 Å². The minimum absolute atomic E-state index is 0.335. The van der Waals surface area contributed by atoms with Crippen molar-refractivity contribution >= 4 is 10.8 Å². The van der Waals surface area contributed by atoms with Gasteiger partial charge >= 0.3 is 0 Å². The first-order valence-corrected chi connectivity index (χ1v) is 7.35. The Balaban J connectivity index is 1.77. The Kier molecular flexibility index (Phi) is 3.98. The average Bonchev–Trinajstić information content (AvgIpc) is 2.52. The molecule has 0 amide bonds. The van der Waals surface area contributed by atoms with Crippen molar-refractivity contribution in [2.75, 3.05) is 0 Å². The molecule has 0 aliphatic rings. The molecular weight excluding hydrogens is 256 g/mol. The van der Waals surface area contributed by atoms with Gasteiger partial charge in [0.05, 0.1) is 0 Å². The zero-order chi connectivity index (χ0) is 14.7. The van der Waals surface area contributed by atoms with E-state index in [-0.39, 0.29) is 0 Å². The second kappa shape index (κ2) is 6.06. The summed E-state index contributed by atoms with van der Waals surface area (Å²) in [6.07, 6.45) is 3.78. The van der Waals surface area contributed by atoms with Crippen molar-refractivity contribution in [2.45, 2.75) is 26.4 Å². The van der Waals surface area contributed by atoms with Gasteiger partial charge in [0.2, 0.25) is 0 Å². The average molecular weight is 276 g/mol. The zero-order valence-electron chi connectivity index (χ0n) is 12.5. The Labute approximate surface area is 125 Å². The van der Waals surface area contributed by atoms with Crippen LogP contribution in [-0.4, -0.2) is 4.98 Å². The summed E-state index contributed by atoms with van der Waals surface area (Å²) in [7, 11) is 0. The standard InChI is InChI=1S/C19H20N2/c1-14-5-3-6-16(11-14)15(2)21-13-18-8-4-7-17-12-20-10-9-19(17)18/h3-12,15,21H,13H2,1-2H3/t15-/m1/s1. The van der Waals surface area contributed by atoms with Crippen molar-refractivity contribution in [2.24, 2.45) is 0 Å². The van der Waals surface area contributed by atoms with Crippen molar-refractivity contribution in [3.8, 4) is 0 Å². The fourth-order valence-electron chi connectivity index (χ4n) is 2.66. The van der Waals surface area contributed by atoms with E-state index in [9.17, 15) is 0 Å². The Morgan fingerprint density at radius 2 is 1.95 bits per heavy atom. The number of pyridine rings is 1. The second-order valence-electron chi connectivity index (χ2n) is 5.53. The summed E-state index contributed by atoms with van der Waals surface area (Å²) in [6.45, 7) is 5.20. The topological polar surface area (TPSA) is 24.9 Å². The van der Waals surface area contributed by atoms with Crippen LogP contribution in [0.4, 0.5) is 0 Å². The van der Waals surface area contributed by atoms with Crippen molar-refractivity contribution in [3.05, 3.63) is 77.6 Å². The summed E-state index contributed by atoms with van der Waals surface area (Å²) in [4.78, 5) is 4.19. The van der Waals surface area contributed by atoms with Crippen molar-refractivity contribution in [3.63, 3.8) is 0 Å². The van der Waals surface area contributed by atoms with Crippen LogP contribution in [0, 0.1) is 6.92 Å². The van der Waals surface area contributed by atoms with E-state index in [1.165, 1.54) is 27.5 Å². The van der Waals surface area contributed by atoms with Crippen LogP contribution in [0.1, 0.15) is 29.7 Å². The van der Waals surface area contributed by atoms with Gasteiger partial charge in [-0.25, -0.2) is 0 Å². The number of fused-ring (bicyclic) bond motifs is 1. The Morgan fingerprint density at radius 3 is 2.81 bits per heavy atom. The summed E-state index contributed by atoms with van der Waals surface area (Å²) < 4.78 is 0. The Hall–Kier alpha value is -2.19. The summed E-state index contributed by atoms with van der Waals surface area (Å²) in [6, 6.07) is 17.5. The SMILES string of the molecule is Cc1cccc([C@@H](C)NCc2cccc3cnccc23)c1. The summed E-state index contributed by atoms with van der Waals surface area (Å²) in [5, 5.41) is 6.08. The minimum atomic E-state index is 0.335. The van der Waals surface area contributed by atoms with E-state index < -0.39 is 0 Å². The Bertz CT molecular complexity index is 744. The number of hydrogen-bond acceptors (Lipinski definition) is 2. The molecule has 1 N–H and O–H groups in total. The van der Waals surface area contributed by atoms with E-state index in [4.69, 9.17) is 0 Å². The van der Waals surface area contributed by atoms with Gasteiger partial charge in [0.1, 0.15) is 0 Å². The van der Waals surface area contributed by atoms with Gasteiger partial charge < -0.3 is 5.32 Å². The lowest BCUT2D eigenvalue weighted by molar-refractivity contribution is 0.576. The number of rotatable bonds is 4. The van der Waals surface area contributed by atoms with Gasteiger partial charge in [-0.1, -0.05) is 48.0 Å². The van der Waals surface area contributed by atoms with Crippen LogP contribution in [0.25, 0.3) is 10.8 Å². The molecule has 0 radical (unpaired) electrons. The highest BCUT2D eigenvalue weighted by molar-refractivity contribution is 5.84. The van der Waals surface area contributed by atoms with Gasteiger partial charge in [-0.2, -0.15) is 0 Å². The first-order chi connectivity index (χ1) is 10.2. The summed E-state index contributed by atoms with van der Waals surface area (Å²) in [5.41, 5.74) is 3.95. The highest BCUT2D eigenvalue weighted by atomic mass is 14.9. The third kappa shape index (κ3) is 3.11. The first-order valence-electron chi connectivity index (χ1n) is 7.35. The Morgan fingerprint density at radius 1 is 1.10 bits per heavy atom. The van der Waals surface area contributed by atoms with Crippen LogP contribution in [0.15, 0.2) is 60.9 Å². The zero-order valence-corrected chi connectivity index (χ0v) is 12.5. The number of hydrogen-bond donors (Lipinski definition) is 1. The summed E-state index contributed by atoms with van der Waals surface area (Å²) in [5.74, 6) is 0. The maximum absolute atomic E-state index is 4.19. The highest BCUT2D eigenvalue weighted by Gasteiger charge is 2.06. The lowest BCUT2D eigenvalue weighted by Crippen LogP contribution is -2.18. The molecule has 2 nitrogen and oxygen atoms in total. The van der Waals surface area contributed by atoms with Gasteiger partial charge in [0.15, 0.2) is 0 Å². The quantitative estimate of drug-likeness (QED) is 0.764. The highest BCUT2D eigenvalue weighted by Crippen LogP contribution is 2.19. The van der Waals surface area contributed by atoms with Crippen LogP contribution < -0.4 is 5.32 Å². The molecule has 1 heterocycles.